The number of rotatable bonds is 4. The van der Waals surface area contributed by atoms with Crippen LogP contribution in [0.1, 0.15) is 18.9 Å². The van der Waals surface area contributed by atoms with Crippen molar-refractivity contribution in [2.45, 2.75) is 18.9 Å². The van der Waals surface area contributed by atoms with Gasteiger partial charge in [-0.2, -0.15) is 0 Å². The Balaban J connectivity index is 2.26. The van der Waals surface area contributed by atoms with Crippen molar-refractivity contribution in [1.82, 2.24) is 0 Å². The van der Waals surface area contributed by atoms with Gasteiger partial charge in [0.25, 0.3) is 0 Å². The molecule has 0 aliphatic heterocycles. The first-order valence-electron chi connectivity index (χ1n) is 6.19. The minimum atomic E-state index is -1.41. The lowest BCUT2D eigenvalue weighted by Crippen LogP contribution is -2.24. The smallest absolute Gasteiger partial charge is 0.306 e. The fourth-order valence-electron chi connectivity index (χ4n) is 2.06. The molecule has 0 heterocycles. The zero-order valence-corrected chi connectivity index (χ0v) is 11.0. The third kappa shape index (κ3) is 3.22. The molecule has 0 saturated carbocycles. The highest BCUT2D eigenvalue weighted by Gasteiger charge is 2.26. The van der Waals surface area contributed by atoms with Crippen molar-refractivity contribution in [2.24, 2.45) is 0 Å². The summed E-state index contributed by atoms with van der Waals surface area (Å²) in [4.78, 5) is 10.7. The van der Waals surface area contributed by atoms with Crippen LogP contribution in [-0.4, -0.2) is 16.2 Å². The Bertz CT molecular complexity index is 601. The van der Waals surface area contributed by atoms with E-state index in [1.807, 2.05) is 0 Å². The molecule has 0 amide bonds. The van der Waals surface area contributed by atoms with Gasteiger partial charge >= 0.3 is 5.97 Å². The summed E-state index contributed by atoms with van der Waals surface area (Å²) in [5.74, 6) is -1.35. The van der Waals surface area contributed by atoms with Crippen LogP contribution >= 0.6 is 0 Å². The minimum Gasteiger partial charge on any atom is -0.481 e. The van der Waals surface area contributed by atoms with Crippen LogP contribution in [0.3, 0.4) is 0 Å². The van der Waals surface area contributed by atoms with Gasteiger partial charge in [0.15, 0.2) is 0 Å². The Hall–Kier alpha value is -2.20. The molecule has 0 radical (unpaired) electrons. The van der Waals surface area contributed by atoms with E-state index in [0.29, 0.717) is 5.56 Å². The van der Waals surface area contributed by atoms with Gasteiger partial charge in [0, 0.05) is 0 Å². The molecule has 2 rings (SSSR count). The summed E-state index contributed by atoms with van der Waals surface area (Å²) < 4.78 is 12.9. The van der Waals surface area contributed by atoms with E-state index in [2.05, 4.69) is 0 Å². The molecule has 2 aromatic carbocycles. The van der Waals surface area contributed by atoms with E-state index in [1.54, 1.807) is 36.4 Å². The normalized spacial score (nSPS) is 13.8. The standard InChI is InChI=1S/C16H15FO3/c1-16(20,10-15(18)19)13-6-2-11(3-7-13)12-4-8-14(17)9-5-12/h2-9,20H,10H2,1H3,(H,18,19). The van der Waals surface area contributed by atoms with Crippen molar-refractivity contribution in [3.05, 3.63) is 59.9 Å². The summed E-state index contributed by atoms with van der Waals surface area (Å²) in [6.07, 6.45) is -0.358. The molecule has 0 aliphatic carbocycles. The third-order valence-corrected chi connectivity index (χ3v) is 3.18. The summed E-state index contributed by atoms with van der Waals surface area (Å²) >= 11 is 0. The molecule has 2 N–H and O–H groups in total. The second kappa shape index (κ2) is 5.43. The first kappa shape index (κ1) is 14.2. The van der Waals surface area contributed by atoms with Crippen molar-refractivity contribution in [1.29, 1.82) is 0 Å². The summed E-state index contributed by atoms with van der Waals surface area (Å²) in [5, 5.41) is 18.9. The maximum atomic E-state index is 12.9. The SMILES string of the molecule is CC(O)(CC(=O)O)c1ccc(-c2ccc(F)cc2)cc1. The van der Waals surface area contributed by atoms with Gasteiger partial charge in [0.1, 0.15) is 5.82 Å². The number of carboxylic acid groups (broad SMARTS) is 1. The number of halogens is 1. The zero-order valence-electron chi connectivity index (χ0n) is 11.0. The van der Waals surface area contributed by atoms with Gasteiger partial charge in [-0.15, -0.1) is 0 Å². The molecule has 104 valence electrons. The van der Waals surface area contributed by atoms with Crippen LogP contribution in [-0.2, 0) is 10.4 Å². The van der Waals surface area contributed by atoms with Gasteiger partial charge in [-0.3, -0.25) is 4.79 Å². The highest BCUT2D eigenvalue weighted by molar-refractivity contribution is 5.69. The van der Waals surface area contributed by atoms with E-state index in [0.717, 1.165) is 11.1 Å². The molecule has 0 aliphatic rings. The van der Waals surface area contributed by atoms with E-state index in [-0.39, 0.29) is 12.2 Å². The lowest BCUT2D eigenvalue weighted by atomic mass is 9.91. The maximum absolute atomic E-state index is 12.9. The van der Waals surface area contributed by atoms with Gasteiger partial charge in [0.05, 0.1) is 12.0 Å². The Labute approximate surface area is 116 Å². The van der Waals surface area contributed by atoms with Crippen LogP contribution in [0, 0.1) is 5.82 Å². The fraction of sp³-hybridized carbons (Fsp3) is 0.188. The van der Waals surface area contributed by atoms with Crippen molar-refractivity contribution in [3.63, 3.8) is 0 Å². The summed E-state index contributed by atoms with van der Waals surface area (Å²) in [6.45, 7) is 1.47. The molecular weight excluding hydrogens is 259 g/mol. The van der Waals surface area contributed by atoms with E-state index in [9.17, 15) is 14.3 Å². The Morgan fingerprint density at radius 3 is 1.95 bits per heavy atom. The average Bonchev–Trinajstić information content (AvgIpc) is 2.38. The average molecular weight is 274 g/mol. The number of carbonyl (C=O) groups is 1. The molecule has 0 fully saturated rings. The maximum Gasteiger partial charge on any atom is 0.306 e. The number of aliphatic hydroxyl groups is 1. The van der Waals surface area contributed by atoms with Gasteiger partial charge in [0.2, 0.25) is 0 Å². The number of hydrogen-bond acceptors (Lipinski definition) is 2. The molecule has 0 spiro atoms. The molecule has 1 atom stereocenters. The number of hydrogen-bond donors (Lipinski definition) is 2. The highest BCUT2D eigenvalue weighted by atomic mass is 19.1. The molecule has 3 nitrogen and oxygen atoms in total. The lowest BCUT2D eigenvalue weighted by molar-refractivity contribution is -0.142. The zero-order chi connectivity index (χ0) is 14.8. The molecule has 4 heteroatoms. The van der Waals surface area contributed by atoms with Crippen LogP contribution in [0.2, 0.25) is 0 Å². The Morgan fingerprint density at radius 2 is 1.50 bits per heavy atom. The van der Waals surface area contributed by atoms with Crippen LogP contribution in [0.4, 0.5) is 4.39 Å². The quantitative estimate of drug-likeness (QED) is 0.900. The van der Waals surface area contributed by atoms with E-state index in [4.69, 9.17) is 5.11 Å². The summed E-state index contributed by atoms with van der Waals surface area (Å²) in [6, 6.07) is 13.0. The van der Waals surface area contributed by atoms with E-state index < -0.39 is 11.6 Å². The van der Waals surface area contributed by atoms with Gasteiger partial charge in [-0.05, 0) is 35.7 Å². The van der Waals surface area contributed by atoms with Gasteiger partial charge in [-0.25, -0.2) is 4.39 Å². The molecule has 1 unspecified atom stereocenters. The van der Waals surface area contributed by atoms with Crippen molar-refractivity contribution in [3.8, 4) is 11.1 Å². The number of benzene rings is 2. The topological polar surface area (TPSA) is 57.5 Å². The van der Waals surface area contributed by atoms with Crippen LogP contribution in [0.5, 0.6) is 0 Å². The van der Waals surface area contributed by atoms with Crippen molar-refractivity contribution >= 4 is 5.97 Å². The van der Waals surface area contributed by atoms with Crippen LogP contribution in [0.15, 0.2) is 48.5 Å². The monoisotopic (exact) mass is 274 g/mol. The van der Waals surface area contributed by atoms with Crippen molar-refractivity contribution < 1.29 is 19.4 Å². The van der Waals surface area contributed by atoms with E-state index in [1.165, 1.54) is 19.1 Å². The predicted octanol–water partition coefficient (Wildman–Crippen LogP) is 3.17. The third-order valence-electron chi connectivity index (χ3n) is 3.18. The van der Waals surface area contributed by atoms with Crippen molar-refractivity contribution in [2.75, 3.05) is 0 Å². The fourth-order valence-corrected chi connectivity index (χ4v) is 2.06. The molecule has 20 heavy (non-hydrogen) atoms. The summed E-state index contributed by atoms with van der Waals surface area (Å²) in [5.41, 5.74) is 0.856. The molecular formula is C16H15FO3. The largest absolute Gasteiger partial charge is 0.481 e. The first-order valence-corrected chi connectivity index (χ1v) is 6.19. The van der Waals surface area contributed by atoms with Gasteiger partial charge in [-0.1, -0.05) is 36.4 Å². The molecule has 2 aromatic rings. The number of aliphatic carboxylic acids is 1. The molecule has 0 saturated heterocycles. The van der Waals surface area contributed by atoms with Gasteiger partial charge < -0.3 is 10.2 Å². The lowest BCUT2D eigenvalue weighted by Gasteiger charge is -2.21. The van der Waals surface area contributed by atoms with Crippen LogP contribution in [0.25, 0.3) is 11.1 Å². The molecule has 0 aromatic heterocycles. The first-order chi connectivity index (χ1) is 9.38. The Morgan fingerprint density at radius 1 is 1.05 bits per heavy atom. The van der Waals surface area contributed by atoms with Crippen LogP contribution < -0.4 is 0 Å². The second-order valence-electron chi connectivity index (χ2n) is 4.93. The predicted molar refractivity (Wildman–Crippen MR) is 73.7 cm³/mol. The molecule has 0 bridgehead atoms. The minimum absolute atomic E-state index is 0.297. The van der Waals surface area contributed by atoms with E-state index >= 15 is 0 Å². The summed E-state index contributed by atoms with van der Waals surface area (Å²) in [7, 11) is 0. The second-order valence-corrected chi connectivity index (χ2v) is 4.93. The Kier molecular flexibility index (Phi) is 3.86. The number of carboxylic acids is 1. The highest BCUT2D eigenvalue weighted by Crippen LogP contribution is 2.27.